The van der Waals surface area contributed by atoms with Crippen LogP contribution in [0.2, 0.25) is 0 Å². The highest BCUT2D eigenvalue weighted by Gasteiger charge is 2.21. The molecule has 1 heterocycles. The maximum Gasteiger partial charge on any atom is 0.394 e. The van der Waals surface area contributed by atoms with E-state index in [4.69, 9.17) is 9.84 Å². The molecule has 4 N–H and O–H groups in total. The predicted octanol–water partition coefficient (Wildman–Crippen LogP) is 2.32. The van der Waals surface area contributed by atoms with Crippen LogP contribution >= 0.6 is 0 Å². The van der Waals surface area contributed by atoms with Crippen molar-refractivity contribution in [1.29, 1.82) is 0 Å². The third kappa shape index (κ3) is 5.35. The van der Waals surface area contributed by atoms with Gasteiger partial charge in [-0.05, 0) is 55.3 Å². The monoisotopic (exact) mass is 487 g/mol. The first-order valence-electron chi connectivity index (χ1n) is 9.73. The van der Waals surface area contributed by atoms with Crippen molar-refractivity contribution in [1.82, 2.24) is 4.57 Å². The van der Waals surface area contributed by atoms with Crippen LogP contribution in [0.3, 0.4) is 0 Å². The van der Waals surface area contributed by atoms with E-state index in [9.17, 15) is 27.9 Å². The number of phenolic OH excluding ortho intramolecular Hbond substituents is 1. The number of rotatable bonds is 6. The number of nitrogens with one attached hydrogen (secondary N) is 2. The number of phenols is 1. The summed E-state index contributed by atoms with van der Waals surface area (Å²) in [7, 11) is -2.77. The molecule has 11 nitrogen and oxygen atoms in total. The lowest BCUT2D eigenvalue weighted by atomic mass is 10.1. The van der Waals surface area contributed by atoms with E-state index in [2.05, 4.69) is 10.0 Å². The fraction of sp³-hybridized carbons (Fsp3) is 0.136. The van der Waals surface area contributed by atoms with Crippen LogP contribution in [0.15, 0.2) is 58.4 Å². The second kappa shape index (κ2) is 9.27. The fourth-order valence-electron chi connectivity index (χ4n) is 3.12. The Morgan fingerprint density at radius 2 is 1.65 bits per heavy atom. The van der Waals surface area contributed by atoms with E-state index in [-0.39, 0.29) is 22.7 Å². The van der Waals surface area contributed by atoms with Crippen LogP contribution in [0.4, 0.5) is 11.4 Å². The van der Waals surface area contributed by atoms with E-state index < -0.39 is 32.5 Å². The topological polar surface area (TPSA) is 164 Å². The van der Waals surface area contributed by atoms with Crippen LogP contribution in [0.25, 0.3) is 0 Å². The second-order valence-electron chi connectivity index (χ2n) is 7.40. The number of anilines is 2. The van der Waals surface area contributed by atoms with Gasteiger partial charge >= 0.3 is 11.9 Å². The van der Waals surface area contributed by atoms with Crippen LogP contribution in [-0.4, -0.2) is 35.1 Å². The molecular formula is C22H21N3O8S. The summed E-state index contributed by atoms with van der Waals surface area (Å²) >= 11 is 0. The summed E-state index contributed by atoms with van der Waals surface area (Å²) < 4.78 is 35.1. The lowest BCUT2D eigenvalue weighted by Gasteiger charge is -2.15. The van der Waals surface area contributed by atoms with Crippen molar-refractivity contribution in [3.05, 3.63) is 70.1 Å². The Balaban J connectivity index is 1.90. The molecule has 0 aliphatic carbocycles. The molecule has 1 amide bonds. The molecule has 0 bridgehead atoms. The molecule has 178 valence electrons. The summed E-state index contributed by atoms with van der Waals surface area (Å²) in [6, 6.07) is 9.18. The second-order valence-corrected chi connectivity index (χ2v) is 9.05. The zero-order valence-electron chi connectivity index (χ0n) is 18.3. The minimum atomic E-state index is -4.24. The molecule has 0 radical (unpaired) electrons. The summed E-state index contributed by atoms with van der Waals surface area (Å²) in [6.07, 6.45) is 1.30. The number of nitrogens with zero attached hydrogens (tertiary/aromatic N) is 1. The van der Waals surface area contributed by atoms with Gasteiger partial charge < -0.3 is 24.8 Å². The minimum absolute atomic E-state index is 0.104. The number of carboxylic acid groups (broad SMARTS) is 1. The smallest absolute Gasteiger partial charge is 0.394 e. The number of sulfonamides is 1. The minimum Gasteiger partial charge on any atom is -0.507 e. The first-order valence-corrected chi connectivity index (χ1v) is 11.2. The SMILES string of the molecule is Cc1cc(NC(=O)C(=O)O)cc(C)c1Oc1ccc(O)c(S(=O)(=O)Nc2ccc(=O)n(C)c2)c1. The highest BCUT2D eigenvalue weighted by molar-refractivity contribution is 7.92. The largest absolute Gasteiger partial charge is 0.507 e. The molecule has 0 unspecified atom stereocenters. The molecule has 2 aromatic carbocycles. The predicted molar refractivity (Wildman–Crippen MR) is 123 cm³/mol. The number of pyridine rings is 1. The molecule has 0 atom stereocenters. The number of carboxylic acids is 1. The summed E-state index contributed by atoms with van der Waals surface area (Å²) in [4.78, 5) is 33.2. The number of hydrogen-bond donors (Lipinski definition) is 4. The normalized spacial score (nSPS) is 11.0. The third-order valence-corrected chi connectivity index (χ3v) is 6.10. The standard InChI is InChI=1S/C22H21N3O8S/c1-12-8-15(23-21(28)22(29)30)9-13(2)20(12)33-16-5-6-17(26)18(10-16)34(31,32)24-14-4-7-19(27)25(3)11-14/h4-11,24,26H,1-3H3,(H,23,28)(H,29,30). The molecule has 34 heavy (non-hydrogen) atoms. The van der Waals surface area contributed by atoms with Crippen molar-refractivity contribution in [3.8, 4) is 17.2 Å². The highest BCUT2D eigenvalue weighted by atomic mass is 32.2. The van der Waals surface area contributed by atoms with Gasteiger partial charge in [0, 0.05) is 31.1 Å². The van der Waals surface area contributed by atoms with Gasteiger partial charge in [-0.1, -0.05) is 0 Å². The van der Waals surface area contributed by atoms with E-state index in [1.807, 2.05) is 0 Å². The Labute approximate surface area is 194 Å². The average Bonchev–Trinajstić information content (AvgIpc) is 2.74. The van der Waals surface area contributed by atoms with Gasteiger partial charge in [-0.3, -0.25) is 14.3 Å². The van der Waals surface area contributed by atoms with Crippen molar-refractivity contribution >= 4 is 33.3 Å². The first kappa shape index (κ1) is 24.3. The Morgan fingerprint density at radius 1 is 1.00 bits per heavy atom. The summed E-state index contributed by atoms with van der Waals surface area (Å²) in [5.41, 5.74) is 1.15. The molecular weight excluding hydrogens is 466 g/mol. The lowest BCUT2D eigenvalue weighted by Crippen LogP contribution is -2.21. The summed E-state index contributed by atoms with van der Waals surface area (Å²) in [6.45, 7) is 3.33. The number of aliphatic carboxylic acids is 1. The van der Waals surface area contributed by atoms with Crippen LogP contribution in [-0.2, 0) is 26.7 Å². The van der Waals surface area contributed by atoms with Gasteiger partial charge in [0.25, 0.3) is 10.0 Å². The quantitative estimate of drug-likeness (QED) is 0.385. The van der Waals surface area contributed by atoms with E-state index in [0.717, 1.165) is 12.1 Å². The van der Waals surface area contributed by atoms with E-state index in [0.29, 0.717) is 16.9 Å². The summed E-state index contributed by atoms with van der Waals surface area (Å²) in [5.74, 6) is -2.86. The number of aromatic nitrogens is 1. The zero-order chi connectivity index (χ0) is 25.2. The van der Waals surface area contributed by atoms with Crippen molar-refractivity contribution in [2.24, 2.45) is 7.05 Å². The lowest BCUT2D eigenvalue weighted by molar-refractivity contribution is -0.147. The molecule has 0 saturated carbocycles. The maximum atomic E-state index is 12.9. The zero-order valence-corrected chi connectivity index (χ0v) is 19.1. The summed E-state index contributed by atoms with van der Waals surface area (Å²) in [5, 5.41) is 21.2. The van der Waals surface area contributed by atoms with Gasteiger partial charge in [-0.25, -0.2) is 13.2 Å². The van der Waals surface area contributed by atoms with E-state index in [1.54, 1.807) is 13.8 Å². The van der Waals surface area contributed by atoms with Gasteiger partial charge in [0.2, 0.25) is 5.56 Å². The molecule has 3 rings (SSSR count). The number of hydrogen-bond acceptors (Lipinski definition) is 7. The number of carbonyl (C=O) groups is 2. The molecule has 0 aliphatic rings. The van der Waals surface area contributed by atoms with E-state index >= 15 is 0 Å². The number of amides is 1. The van der Waals surface area contributed by atoms with Crippen LogP contribution in [0, 0.1) is 13.8 Å². The number of benzene rings is 2. The maximum absolute atomic E-state index is 12.9. The number of aryl methyl sites for hydroxylation is 3. The van der Waals surface area contributed by atoms with Gasteiger partial charge in [-0.15, -0.1) is 0 Å². The van der Waals surface area contributed by atoms with Crippen LogP contribution < -0.4 is 20.3 Å². The van der Waals surface area contributed by atoms with Gasteiger partial charge in [0.05, 0.1) is 5.69 Å². The van der Waals surface area contributed by atoms with Crippen LogP contribution in [0.5, 0.6) is 17.2 Å². The highest BCUT2D eigenvalue weighted by Crippen LogP contribution is 2.35. The molecule has 12 heteroatoms. The first-order chi connectivity index (χ1) is 15.9. The fourth-order valence-corrected chi connectivity index (χ4v) is 4.28. The van der Waals surface area contributed by atoms with Crippen molar-refractivity contribution in [2.45, 2.75) is 18.7 Å². The van der Waals surface area contributed by atoms with Gasteiger partial charge in [-0.2, -0.15) is 0 Å². The Morgan fingerprint density at radius 3 is 2.24 bits per heavy atom. The van der Waals surface area contributed by atoms with E-state index in [1.165, 1.54) is 48.1 Å². The Bertz CT molecular complexity index is 1440. The molecule has 0 aliphatic heterocycles. The van der Waals surface area contributed by atoms with Crippen molar-refractivity contribution in [2.75, 3.05) is 10.0 Å². The molecule has 1 aromatic heterocycles. The molecule has 0 saturated heterocycles. The number of carbonyl (C=O) groups excluding carboxylic acids is 1. The van der Waals surface area contributed by atoms with Crippen molar-refractivity contribution in [3.63, 3.8) is 0 Å². The van der Waals surface area contributed by atoms with Gasteiger partial charge in [0.1, 0.15) is 22.1 Å². The Hall–Kier alpha value is -4.32. The van der Waals surface area contributed by atoms with Crippen molar-refractivity contribution < 1.29 is 33.0 Å². The third-order valence-electron chi connectivity index (χ3n) is 4.69. The Kier molecular flexibility index (Phi) is 6.63. The number of aromatic hydroxyl groups is 1. The van der Waals surface area contributed by atoms with Gasteiger partial charge in [0.15, 0.2) is 0 Å². The van der Waals surface area contributed by atoms with Crippen LogP contribution in [0.1, 0.15) is 11.1 Å². The average molecular weight is 487 g/mol. The molecule has 3 aromatic rings. The number of ether oxygens (including phenoxy) is 1. The molecule has 0 fully saturated rings. The molecule has 0 spiro atoms.